The van der Waals surface area contributed by atoms with Crippen molar-refractivity contribution in [2.45, 2.75) is 143 Å². The zero-order chi connectivity index (χ0) is 21.8. The van der Waals surface area contributed by atoms with Crippen LogP contribution in [0.15, 0.2) is 0 Å². The van der Waals surface area contributed by atoms with Crippen molar-refractivity contribution < 1.29 is 24.4 Å². The molecular weight excluding hydrogens is 380 g/mol. The predicted molar refractivity (Wildman–Crippen MR) is 127 cm³/mol. The monoisotopic (exact) mass is 434 g/mol. The van der Waals surface area contributed by atoms with E-state index in [0.717, 1.165) is 44.9 Å². The summed E-state index contributed by atoms with van der Waals surface area (Å²) < 4.78 is 25.6. The molecule has 0 aliphatic heterocycles. The van der Waals surface area contributed by atoms with Gasteiger partial charge in [0.05, 0.1) is 25.9 Å². The zero-order valence-corrected chi connectivity index (χ0v) is 21.1. The van der Waals surface area contributed by atoms with E-state index in [0.29, 0.717) is 19.8 Å². The molecule has 0 radical (unpaired) electrons. The van der Waals surface area contributed by atoms with Crippen molar-refractivity contribution in [3.63, 3.8) is 0 Å². The normalized spacial score (nSPS) is 14.5. The van der Waals surface area contributed by atoms with Crippen molar-refractivity contribution in [2.24, 2.45) is 0 Å². The average molecular weight is 435 g/mol. The van der Waals surface area contributed by atoms with Gasteiger partial charge in [-0.1, -0.05) is 85.5 Å². The zero-order valence-electron chi connectivity index (χ0n) is 21.1. The third kappa shape index (κ3) is 15.6. The van der Waals surface area contributed by atoms with Gasteiger partial charge in [0.2, 0.25) is 0 Å². The Hall–Kier alpha value is -0.200. The quantitative estimate of drug-likeness (QED) is 0.139. The van der Waals surface area contributed by atoms with Crippen molar-refractivity contribution in [3.05, 3.63) is 0 Å². The SMILES string of the molecule is CCCCCCOC(OCCCC)(OCCCCC)C(CCCCC)OC(C)C.O. The van der Waals surface area contributed by atoms with E-state index < -0.39 is 5.97 Å². The van der Waals surface area contributed by atoms with E-state index in [-0.39, 0.29) is 17.7 Å². The van der Waals surface area contributed by atoms with Gasteiger partial charge in [-0.3, -0.25) is 0 Å². The van der Waals surface area contributed by atoms with E-state index >= 15 is 0 Å². The molecule has 30 heavy (non-hydrogen) atoms. The molecule has 0 aromatic rings. The summed E-state index contributed by atoms with van der Waals surface area (Å²) in [4.78, 5) is 0. The third-order valence-corrected chi connectivity index (χ3v) is 5.05. The molecule has 5 nitrogen and oxygen atoms in total. The Labute approximate surface area is 187 Å². The highest BCUT2D eigenvalue weighted by molar-refractivity contribution is 4.75. The highest BCUT2D eigenvalue weighted by Gasteiger charge is 2.44. The van der Waals surface area contributed by atoms with E-state index in [2.05, 4.69) is 41.5 Å². The van der Waals surface area contributed by atoms with Gasteiger partial charge >= 0.3 is 5.97 Å². The largest absolute Gasteiger partial charge is 0.412 e. The van der Waals surface area contributed by atoms with Gasteiger partial charge in [0, 0.05) is 0 Å². The fourth-order valence-corrected chi connectivity index (χ4v) is 3.31. The van der Waals surface area contributed by atoms with Gasteiger partial charge in [0.25, 0.3) is 0 Å². The number of hydrogen-bond acceptors (Lipinski definition) is 4. The minimum absolute atomic E-state index is 0. The lowest BCUT2D eigenvalue weighted by atomic mass is 10.1. The van der Waals surface area contributed by atoms with Gasteiger partial charge in [0.1, 0.15) is 6.10 Å². The predicted octanol–water partition coefficient (Wildman–Crippen LogP) is 6.81. The Morgan fingerprint density at radius 3 is 1.50 bits per heavy atom. The smallest absolute Gasteiger partial charge is 0.310 e. The fourth-order valence-electron chi connectivity index (χ4n) is 3.31. The average Bonchev–Trinajstić information content (AvgIpc) is 2.70. The maximum absolute atomic E-state index is 6.43. The van der Waals surface area contributed by atoms with Crippen LogP contribution in [0.2, 0.25) is 0 Å². The molecule has 2 N–H and O–H groups in total. The lowest BCUT2D eigenvalue weighted by molar-refractivity contribution is -0.421. The van der Waals surface area contributed by atoms with E-state index in [1.165, 1.54) is 38.5 Å². The first-order chi connectivity index (χ1) is 14.1. The molecular formula is C25H54O5. The van der Waals surface area contributed by atoms with Gasteiger partial charge < -0.3 is 24.4 Å². The Morgan fingerprint density at radius 1 is 0.567 bits per heavy atom. The van der Waals surface area contributed by atoms with Gasteiger partial charge in [-0.25, -0.2) is 0 Å². The molecule has 184 valence electrons. The summed E-state index contributed by atoms with van der Waals surface area (Å²) in [6.45, 7) is 15.0. The van der Waals surface area contributed by atoms with Gasteiger partial charge in [0.15, 0.2) is 0 Å². The standard InChI is InChI=1S/C25H52O4.H2O/c1-7-11-15-18-22-28-25(26-20-14-10-4,27-21-17-13-9-3)24(29-23(5)6)19-16-12-8-2;/h23-24H,7-22H2,1-6H3;1H2. The molecule has 0 saturated heterocycles. The molecule has 0 aromatic carbocycles. The van der Waals surface area contributed by atoms with Gasteiger partial charge in [-0.2, -0.15) is 0 Å². The van der Waals surface area contributed by atoms with Crippen molar-refractivity contribution >= 4 is 0 Å². The first-order valence-electron chi connectivity index (χ1n) is 12.6. The van der Waals surface area contributed by atoms with Crippen molar-refractivity contribution in [1.82, 2.24) is 0 Å². The van der Waals surface area contributed by atoms with Crippen molar-refractivity contribution in [1.29, 1.82) is 0 Å². The Kier molecular flexibility index (Phi) is 23.5. The molecule has 0 aromatic heterocycles. The van der Waals surface area contributed by atoms with Crippen LogP contribution in [-0.2, 0) is 18.9 Å². The van der Waals surface area contributed by atoms with Crippen molar-refractivity contribution in [2.75, 3.05) is 19.8 Å². The van der Waals surface area contributed by atoms with Crippen LogP contribution in [-0.4, -0.2) is 43.5 Å². The first-order valence-corrected chi connectivity index (χ1v) is 12.6. The van der Waals surface area contributed by atoms with E-state index in [1.54, 1.807) is 0 Å². The summed E-state index contributed by atoms with van der Waals surface area (Å²) in [7, 11) is 0. The minimum Gasteiger partial charge on any atom is -0.412 e. The lowest BCUT2D eigenvalue weighted by Gasteiger charge is -2.40. The first kappa shape index (κ1) is 32.0. The van der Waals surface area contributed by atoms with Gasteiger partial charge in [-0.05, 0) is 39.5 Å². The Bertz CT molecular complexity index is 338. The molecule has 5 heteroatoms. The van der Waals surface area contributed by atoms with E-state index in [1.807, 2.05) is 0 Å². The molecule has 0 saturated carbocycles. The molecule has 0 fully saturated rings. The summed E-state index contributed by atoms with van der Waals surface area (Å²) in [6.07, 6.45) is 14.4. The molecule has 2 atom stereocenters. The number of ether oxygens (including phenoxy) is 4. The second kappa shape index (κ2) is 22.0. The van der Waals surface area contributed by atoms with Crippen LogP contribution in [0.25, 0.3) is 0 Å². The highest BCUT2D eigenvalue weighted by Crippen LogP contribution is 2.30. The number of rotatable bonds is 22. The fraction of sp³-hybridized carbons (Fsp3) is 1.00. The van der Waals surface area contributed by atoms with E-state index in [9.17, 15) is 0 Å². The maximum Gasteiger partial charge on any atom is 0.310 e. The molecule has 0 spiro atoms. The summed E-state index contributed by atoms with van der Waals surface area (Å²) in [5, 5.41) is 0. The van der Waals surface area contributed by atoms with Crippen LogP contribution < -0.4 is 0 Å². The molecule has 2 unspecified atom stereocenters. The molecule has 0 heterocycles. The summed E-state index contributed by atoms with van der Waals surface area (Å²) >= 11 is 0. The van der Waals surface area contributed by atoms with Crippen LogP contribution in [0.1, 0.15) is 125 Å². The maximum atomic E-state index is 6.43. The lowest BCUT2D eigenvalue weighted by Crippen LogP contribution is -2.52. The van der Waals surface area contributed by atoms with Crippen LogP contribution in [0, 0.1) is 0 Å². The summed E-state index contributed by atoms with van der Waals surface area (Å²) in [5.74, 6) is -1.08. The van der Waals surface area contributed by atoms with Crippen LogP contribution in [0.4, 0.5) is 0 Å². The Morgan fingerprint density at radius 2 is 1.00 bits per heavy atom. The third-order valence-electron chi connectivity index (χ3n) is 5.05. The number of hydrogen-bond donors (Lipinski definition) is 0. The van der Waals surface area contributed by atoms with Gasteiger partial charge in [-0.15, -0.1) is 0 Å². The van der Waals surface area contributed by atoms with Crippen molar-refractivity contribution in [3.8, 4) is 0 Å². The second-order valence-corrected chi connectivity index (χ2v) is 8.44. The summed E-state index contributed by atoms with van der Waals surface area (Å²) in [6, 6.07) is 0. The molecule has 0 rings (SSSR count). The van der Waals surface area contributed by atoms with Crippen LogP contribution in [0.5, 0.6) is 0 Å². The highest BCUT2D eigenvalue weighted by atomic mass is 16.9. The molecule has 0 aliphatic carbocycles. The topological polar surface area (TPSA) is 68.4 Å². The summed E-state index contributed by atoms with van der Waals surface area (Å²) in [5.41, 5.74) is 0. The minimum atomic E-state index is -1.08. The van der Waals surface area contributed by atoms with Crippen LogP contribution >= 0.6 is 0 Å². The molecule has 0 amide bonds. The second-order valence-electron chi connectivity index (χ2n) is 8.44. The number of unbranched alkanes of at least 4 members (excludes halogenated alkanes) is 8. The van der Waals surface area contributed by atoms with Crippen LogP contribution in [0.3, 0.4) is 0 Å². The Balaban J connectivity index is 0. The molecule has 0 aliphatic rings. The van der Waals surface area contributed by atoms with E-state index in [4.69, 9.17) is 18.9 Å². The molecule has 0 bridgehead atoms.